The molecule has 0 aromatic rings. The first-order chi connectivity index (χ1) is 3.95. The molecule has 0 aromatic heterocycles. The maximum atomic E-state index is 5.58. The van der Waals surface area contributed by atoms with Gasteiger partial charge in [0.25, 0.3) is 0 Å². The van der Waals surface area contributed by atoms with Gasteiger partial charge in [-0.15, -0.1) is 0 Å². The SMILES string of the molecule is C1CC2CSCC1O2. The van der Waals surface area contributed by atoms with E-state index in [1.54, 1.807) is 0 Å². The van der Waals surface area contributed by atoms with Gasteiger partial charge in [0, 0.05) is 11.5 Å². The molecule has 0 N–H and O–H groups in total. The predicted molar refractivity (Wildman–Crippen MR) is 35.2 cm³/mol. The molecule has 0 amide bonds. The molecule has 2 rings (SSSR count). The quantitative estimate of drug-likeness (QED) is 0.488. The van der Waals surface area contributed by atoms with Crippen LogP contribution in [-0.2, 0) is 4.74 Å². The third-order valence-electron chi connectivity index (χ3n) is 1.80. The fraction of sp³-hybridized carbons (Fsp3) is 1.00. The van der Waals surface area contributed by atoms with Crippen LogP contribution in [0.3, 0.4) is 0 Å². The second-order valence-corrected chi connectivity index (χ2v) is 3.57. The maximum absolute atomic E-state index is 5.58. The second-order valence-electron chi connectivity index (χ2n) is 2.49. The number of thioether (sulfide) groups is 1. The Morgan fingerprint density at radius 1 is 1.12 bits per heavy atom. The molecule has 2 atom stereocenters. The monoisotopic (exact) mass is 130 g/mol. The van der Waals surface area contributed by atoms with Crippen LogP contribution in [0.15, 0.2) is 0 Å². The van der Waals surface area contributed by atoms with Crippen molar-refractivity contribution in [3.05, 3.63) is 0 Å². The molecule has 2 unspecified atom stereocenters. The van der Waals surface area contributed by atoms with Crippen molar-refractivity contribution in [2.24, 2.45) is 0 Å². The van der Waals surface area contributed by atoms with Gasteiger partial charge in [-0.25, -0.2) is 0 Å². The van der Waals surface area contributed by atoms with Crippen molar-refractivity contribution in [3.63, 3.8) is 0 Å². The van der Waals surface area contributed by atoms with Crippen molar-refractivity contribution in [1.29, 1.82) is 0 Å². The minimum atomic E-state index is 0.624. The summed E-state index contributed by atoms with van der Waals surface area (Å²) < 4.78 is 5.58. The summed E-state index contributed by atoms with van der Waals surface area (Å²) in [6, 6.07) is 0. The lowest BCUT2D eigenvalue weighted by atomic mass is 10.2. The summed E-state index contributed by atoms with van der Waals surface area (Å²) in [7, 11) is 0. The van der Waals surface area contributed by atoms with Crippen LogP contribution in [0.1, 0.15) is 12.8 Å². The molecule has 0 radical (unpaired) electrons. The third-order valence-corrected chi connectivity index (χ3v) is 3.02. The zero-order valence-electron chi connectivity index (χ0n) is 4.80. The summed E-state index contributed by atoms with van der Waals surface area (Å²) in [5.74, 6) is 2.49. The van der Waals surface area contributed by atoms with Crippen LogP contribution >= 0.6 is 11.8 Å². The Balaban J connectivity index is 2.03. The number of fused-ring (bicyclic) bond motifs is 2. The van der Waals surface area contributed by atoms with E-state index in [4.69, 9.17) is 4.74 Å². The molecule has 46 valence electrons. The first kappa shape index (κ1) is 5.12. The molecule has 8 heavy (non-hydrogen) atoms. The van der Waals surface area contributed by atoms with Gasteiger partial charge in [0.1, 0.15) is 0 Å². The van der Waals surface area contributed by atoms with E-state index in [0.29, 0.717) is 12.2 Å². The van der Waals surface area contributed by atoms with Crippen molar-refractivity contribution < 1.29 is 4.74 Å². The Labute approximate surface area is 53.8 Å². The molecule has 2 heteroatoms. The zero-order valence-corrected chi connectivity index (χ0v) is 5.62. The van der Waals surface area contributed by atoms with Gasteiger partial charge in [-0.1, -0.05) is 0 Å². The molecule has 0 saturated carbocycles. The van der Waals surface area contributed by atoms with Crippen LogP contribution in [0.4, 0.5) is 0 Å². The normalized spacial score (nSPS) is 45.0. The number of hydrogen-bond donors (Lipinski definition) is 0. The van der Waals surface area contributed by atoms with Crippen LogP contribution in [0.2, 0.25) is 0 Å². The molecule has 2 aliphatic rings. The highest BCUT2D eigenvalue weighted by Crippen LogP contribution is 2.30. The Hall–Kier alpha value is 0.310. The lowest BCUT2D eigenvalue weighted by Crippen LogP contribution is -2.21. The highest BCUT2D eigenvalue weighted by molar-refractivity contribution is 7.99. The van der Waals surface area contributed by atoms with Crippen molar-refractivity contribution in [2.75, 3.05) is 11.5 Å². The van der Waals surface area contributed by atoms with Crippen LogP contribution in [0.25, 0.3) is 0 Å². The van der Waals surface area contributed by atoms with Crippen LogP contribution < -0.4 is 0 Å². The summed E-state index contributed by atoms with van der Waals surface area (Å²) in [5.41, 5.74) is 0. The second kappa shape index (κ2) is 1.92. The third kappa shape index (κ3) is 0.759. The first-order valence-electron chi connectivity index (χ1n) is 3.18. The van der Waals surface area contributed by atoms with Crippen molar-refractivity contribution in [2.45, 2.75) is 25.0 Å². The van der Waals surface area contributed by atoms with Crippen LogP contribution in [0, 0.1) is 0 Å². The lowest BCUT2D eigenvalue weighted by molar-refractivity contribution is 0.0664. The van der Waals surface area contributed by atoms with E-state index < -0.39 is 0 Å². The summed E-state index contributed by atoms with van der Waals surface area (Å²) >= 11 is 2.05. The lowest BCUT2D eigenvalue weighted by Gasteiger charge is -2.18. The fourth-order valence-electron chi connectivity index (χ4n) is 1.36. The Bertz CT molecular complexity index is 80.5. The van der Waals surface area contributed by atoms with E-state index >= 15 is 0 Å². The largest absolute Gasteiger partial charge is 0.373 e. The fourth-order valence-corrected chi connectivity index (χ4v) is 2.51. The topological polar surface area (TPSA) is 9.23 Å². The van der Waals surface area contributed by atoms with E-state index in [1.165, 1.54) is 24.3 Å². The Kier molecular flexibility index (Phi) is 1.23. The smallest absolute Gasteiger partial charge is 0.0670 e. The number of hydrogen-bond acceptors (Lipinski definition) is 2. The van der Waals surface area contributed by atoms with Crippen LogP contribution in [-0.4, -0.2) is 23.7 Å². The minimum Gasteiger partial charge on any atom is -0.373 e. The van der Waals surface area contributed by atoms with Gasteiger partial charge < -0.3 is 4.74 Å². The minimum absolute atomic E-state index is 0.624. The van der Waals surface area contributed by atoms with Gasteiger partial charge in [0.2, 0.25) is 0 Å². The van der Waals surface area contributed by atoms with Gasteiger partial charge in [-0.2, -0.15) is 11.8 Å². The molecular formula is C6H10OS. The van der Waals surface area contributed by atoms with Gasteiger partial charge >= 0.3 is 0 Å². The van der Waals surface area contributed by atoms with Gasteiger partial charge in [0.15, 0.2) is 0 Å². The molecule has 1 nitrogen and oxygen atoms in total. The standard InChI is InChI=1S/C6H10OS/c1-2-6-4-8-3-5(1)7-6/h5-6H,1-4H2. The molecule has 2 saturated heterocycles. The average Bonchev–Trinajstić information content (AvgIpc) is 2.12. The molecule has 2 heterocycles. The molecule has 0 aromatic carbocycles. The molecule has 2 bridgehead atoms. The van der Waals surface area contributed by atoms with Crippen LogP contribution in [0.5, 0.6) is 0 Å². The Morgan fingerprint density at radius 3 is 2.25 bits per heavy atom. The maximum Gasteiger partial charge on any atom is 0.0670 e. The highest BCUT2D eigenvalue weighted by Gasteiger charge is 2.29. The summed E-state index contributed by atoms with van der Waals surface area (Å²) in [6.45, 7) is 0. The highest BCUT2D eigenvalue weighted by atomic mass is 32.2. The molecule has 2 fully saturated rings. The molecular weight excluding hydrogens is 120 g/mol. The Morgan fingerprint density at radius 2 is 1.75 bits per heavy atom. The molecule has 0 spiro atoms. The summed E-state index contributed by atoms with van der Waals surface area (Å²) in [4.78, 5) is 0. The molecule has 0 aliphatic carbocycles. The van der Waals surface area contributed by atoms with Crippen molar-refractivity contribution >= 4 is 11.8 Å². The molecule has 2 aliphatic heterocycles. The van der Waals surface area contributed by atoms with E-state index in [9.17, 15) is 0 Å². The van der Waals surface area contributed by atoms with Gasteiger partial charge in [0.05, 0.1) is 12.2 Å². The van der Waals surface area contributed by atoms with Crippen molar-refractivity contribution in [3.8, 4) is 0 Å². The predicted octanol–water partition coefficient (Wildman–Crippen LogP) is 1.28. The number of rotatable bonds is 0. The van der Waals surface area contributed by atoms with E-state index in [2.05, 4.69) is 0 Å². The van der Waals surface area contributed by atoms with Crippen molar-refractivity contribution in [1.82, 2.24) is 0 Å². The first-order valence-corrected chi connectivity index (χ1v) is 4.34. The van der Waals surface area contributed by atoms with E-state index in [0.717, 1.165) is 0 Å². The summed E-state index contributed by atoms with van der Waals surface area (Å²) in [5, 5.41) is 0. The van der Waals surface area contributed by atoms with E-state index in [-0.39, 0.29) is 0 Å². The van der Waals surface area contributed by atoms with Gasteiger partial charge in [-0.3, -0.25) is 0 Å². The zero-order chi connectivity index (χ0) is 5.40. The average molecular weight is 130 g/mol. The number of ether oxygens (including phenoxy) is 1. The van der Waals surface area contributed by atoms with E-state index in [1.807, 2.05) is 11.8 Å². The van der Waals surface area contributed by atoms with Gasteiger partial charge in [-0.05, 0) is 12.8 Å². The summed E-state index contributed by atoms with van der Waals surface area (Å²) in [6.07, 6.45) is 3.88.